The number of nitrogens with two attached hydrogens (primary N) is 1. The molecule has 1 fully saturated rings. The molecule has 2 rings (SSSR count). The molecule has 0 saturated carbocycles. The summed E-state index contributed by atoms with van der Waals surface area (Å²) in [5.41, 5.74) is 5.91. The molecule has 0 bridgehead atoms. The van der Waals surface area contributed by atoms with Crippen LogP contribution in [0, 0.1) is 5.92 Å². The van der Waals surface area contributed by atoms with Crippen LogP contribution < -0.4 is 5.73 Å². The minimum atomic E-state index is 0.186. The van der Waals surface area contributed by atoms with Gasteiger partial charge in [-0.1, -0.05) is 0 Å². The molecule has 0 radical (unpaired) electrons. The molecule has 1 aromatic carbocycles. The fourth-order valence-electron chi connectivity index (χ4n) is 2.45. The summed E-state index contributed by atoms with van der Waals surface area (Å²) in [4.78, 5) is 15.1. The Morgan fingerprint density at radius 3 is 2.55 bits per heavy atom. The number of benzene rings is 1. The zero-order valence-corrected chi connectivity index (χ0v) is 12.6. The number of likely N-dealkylation sites (tertiary alicyclic amines) is 1. The summed E-state index contributed by atoms with van der Waals surface area (Å²) in [7, 11) is 0. The summed E-state index contributed by atoms with van der Waals surface area (Å²) >= 11 is 1.51. The molecule has 4 nitrogen and oxygen atoms in total. The van der Waals surface area contributed by atoms with Gasteiger partial charge in [-0.3, -0.25) is 4.79 Å². The van der Waals surface area contributed by atoms with E-state index in [0.717, 1.165) is 30.8 Å². The molecular formula is C15H22N2O2S. The van der Waals surface area contributed by atoms with Gasteiger partial charge in [0.15, 0.2) is 0 Å². The Morgan fingerprint density at radius 1 is 1.40 bits per heavy atom. The molecule has 1 saturated heterocycles. The van der Waals surface area contributed by atoms with Crippen molar-refractivity contribution in [3.05, 3.63) is 24.3 Å². The summed E-state index contributed by atoms with van der Waals surface area (Å²) < 4.78 is 0. The molecule has 0 spiro atoms. The standard InChI is InChI=1S/C15H22N2O2S/c1-11(16)12-6-8-17(9-7-12)15(19)10-20-14-4-2-13(18)3-5-14/h2-5,11-12,18H,6-10,16H2,1H3. The predicted molar refractivity (Wildman–Crippen MR) is 81.8 cm³/mol. The average molecular weight is 294 g/mol. The molecule has 1 heterocycles. The molecule has 0 aliphatic carbocycles. The van der Waals surface area contributed by atoms with E-state index in [1.54, 1.807) is 12.1 Å². The number of thioether (sulfide) groups is 1. The summed E-state index contributed by atoms with van der Waals surface area (Å²) in [5, 5.41) is 9.21. The van der Waals surface area contributed by atoms with E-state index in [0.29, 0.717) is 11.7 Å². The number of rotatable bonds is 4. The summed E-state index contributed by atoms with van der Waals surface area (Å²) in [6, 6.07) is 7.16. The van der Waals surface area contributed by atoms with Gasteiger partial charge in [-0.2, -0.15) is 0 Å². The Balaban J connectivity index is 1.77. The Hall–Kier alpha value is -1.20. The van der Waals surface area contributed by atoms with Crippen LogP contribution in [0.25, 0.3) is 0 Å². The lowest BCUT2D eigenvalue weighted by atomic mass is 9.91. The SMILES string of the molecule is CC(N)C1CCN(C(=O)CSc2ccc(O)cc2)CC1. The highest BCUT2D eigenvalue weighted by Gasteiger charge is 2.24. The number of aromatic hydroxyl groups is 1. The number of phenolic OH excluding ortho intramolecular Hbond substituents is 1. The van der Waals surface area contributed by atoms with E-state index >= 15 is 0 Å². The zero-order chi connectivity index (χ0) is 14.5. The number of amides is 1. The van der Waals surface area contributed by atoms with Crippen molar-refractivity contribution >= 4 is 17.7 Å². The molecule has 1 amide bonds. The first-order chi connectivity index (χ1) is 9.56. The number of nitrogens with zero attached hydrogens (tertiary/aromatic N) is 1. The van der Waals surface area contributed by atoms with Crippen LogP contribution in [-0.2, 0) is 4.79 Å². The normalized spacial score (nSPS) is 18.0. The van der Waals surface area contributed by atoms with Crippen molar-refractivity contribution in [3.63, 3.8) is 0 Å². The highest BCUT2D eigenvalue weighted by molar-refractivity contribution is 8.00. The molecule has 1 aliphatic rings. The summed E-state index contributed by atoms with van der Waals surface area (Å²) in [5.74, 6) is 1.43. The van der Waals surface area contributed by atoms with Gasteiger partial charge in [0.05, 0.1) is 5.75 Å². The Kier molecular flexibility index (Phi) is 5.31. The number of phenols is 1. The maximum absolute atomic E-state index is 12.1. The van der Waals surface area contributed by atoms with E-state index in [1.807, 2.05) is 24.0 Å². The van der Waals surface area contributed by atoms with Gasteiger partial charge in [-0.05, 0) is 49.9 Å². The minimum Gasteiger partial charge on any atom is -0.508 e. The van der Waals surface area contributed by atoms with Crippen LogP contribution in [0.4, 0.5) is 0 Å². The second kappa shape index (κ2) is 6.99. The van der Waals surface area contributed by atoms with E-state index in [-0.39, 0.29) is 17.7 Å². The van der Waals surface area contributed by atoms with Crippen molar-refractivity contribution in [3.8, 4) is 5.75 Å². The predicted octanol–water partition coefficient (Wildman–Crippen LogP) is 2.07. The van der Waals surface area contributed by atoms with Crippen molar-refractivity contribution in [1.82, 2.24) is 4.90 Å². The van der Waals surface area contributed by atoms with Crippen LogP contribution in [0.2, 0.25) is 0 Å². The number of hydrogen-bond donors (Lipinski definition) is 2. The average Bonchev–Trinajstić information content (AvgIpc) is 2.46. The van der Waals surface area contributed by atoms with Gasteiger partial charge in [-0.25, -0.2) is 0 Å². The van der Waals surface area contributed by atoms with E-state index in [2.05, 4.69) is 0 Å². The van der Waals surface area contributed by atoms with Crippen molar-refractivity contribution < 1.29 is 9.90 Å². The van der Waals surface area contributed by atoms with Crippen LogP contribution in [-0.4, -0.2) is 40.8 Å². The smallest absolute Gasteiger partial charge is 0.232 e. The molecule has 3 N–H and O–H groups in total. The van der Waals surface area contributed by atoms with Crippen LogP contribution in [0.1, 0.15) is 19.8 Å². The third-order valence-corrected chi connectivity index (χ3v) is 4.83. The first-order valence-electron chi connectivity index (χ1n) is 7.01. The number of carbonyl (C=O) groups excluding carboxylic acids is 1. The van der Waals surface area contributed by atoms with E-state index in [4.69, 9.17) is 5.73 Å². The molecule has 0 aromatic heterocycles. The minimum absolute atomic E-state index is 0.186. The maximum atomic E-state index is 12.1. The molecule has 110 valence electrons. The number of piperidine rings is 1. The fraction of sp³-hybridized carbons (Fsp3) is 0.533. The molecule has 1 atom stereocenters. The van der Waals surface area contributed by atoms with Crippen LogP contribution in [0.15, 0.2) is 29.2 Å². The quantitative estimate of drug-likeness (QED) is 0.834. The monoisotopic (exact) mass is 294 g/mol. The van der Waals surface area contributed by atoms with E-state index in [1.165, 1.54) is 11.8 Å². The molecular weight excluding hydrogens is 272 g/mol. The molecule has 20 heavy (non-hydrogen) atoms. The maximum Gasteiger partial charge on any atom is 0.232 e. The van der Waals surface area contributed by atoms with Crippen LogP contribution in [0.3, 0.4) is 0 Å². The third-order valence-electron chi connectivity index (χ3n) is 3.83. The highest BCUT2D eigenvalue weighted by atomic mass is 32.2. The first kappa shape index (κ1) is 15.2. The van der Waals surface area contributed by atoms with Gasteiger partial charge < -0.3 is 15.7 Å². The summed E-state index contributed by atoms with van der Waals surface area (Å²) in [6.45, 7) is 3.69. The van der Waals surface area contributed by atoms with Gasteiger partial charge in [-0.15, -0.1) is 11.8 Å². The lowest BCUT2D eigenvalue weighted by molar-refractivity contribution is -0.129. The largest absolute Gasteiger partial charge is 0.508 e. The van der Waals surface area contributed by atoms with Gasteiger partial charge in [0.1, 0.15) is 5.75 Å². The fourth-order valence-corrected chi connectivity index (χ4v) is 3.25. The summed E-state index contributed by atoms with van der Waals surface area (Å²) in [6.07, 6.45) is 2.01. The van der Waals surface area contributed by atoms with E-state index in [9.17, 15) is 9.90 Å². The molecule has 1 unspecified atom stereocenters. The van der Waals surface area contributed by atoms with Gasteiger partial charge in [0, 0.05) is 24.0 Å². The van der Waals surface area contributed by atoms with Gasteiger partial charge in [0.2, 0.25) is 5.91 Å². The lowest BCUT2D eigenvalue weighted by Crippen LogP contribution is -2.43. The number of hydrogen-bond acceptors (Lipinski definition) is 4. The highest BCUT2D eigenvalue weighted by Crippen LogP contribution is 2.23. The van der Waals surface area contributed by atoms with Crippen LogP contribution >= 0.6 is 11.8 Å². The lowest BCUT2D eigenvalue weighted by Gasteiger charge is -2.33. The van der Waals surface area contributed by atoms with Crippen molar-refractivity contribution in [2.45, 2.75) is 30.7 Å². The Bertz CT molecular complexity index is 440. The zero-order valence-electron chi connectivity index (χ0n) is 11.8. The second-order valence-electron chi connectivity index (χ2n) is 5.36. The number of carbonyl (C=O) groups is 1. The van der Waals surface area contributed by atoms with Crippen molar-refractivity contribution in [2.75, 3.05) is 18.8 Å². The Morgan fingerprint density at radius 2 is 2.00 bits per heavy atom. The topological polar surface area (TPSA) is 66.6 Å². The van der Waals surface area contributed by atoms with Crippen molar-refractivity contribution in [1.29, 1.82) is 0 Å². The van der Waals surface area contributed by atoms with Crippen molar-refractivity contribution in [2.24, 2.45) is 11.7 Å². The third kappa shape index (κ3) is 4.15. The Labute approximate surface area is 124 Å². The second-order valence-corrected chi connectivity index (χ2v) is 6.41. The molecule has 5 heteroatoms. The van der Waals surface area contributed by atoms with Gasteiger partial charge >= 0.3 is 0 Å². The first-order valence-corrected chi connectivity index (χ1v) is 8.00. The van der Waals surface area contributed by atoms with Gasteiger partial charge in [0.25, 0.3) is 0 Å². The molecule has 1 aromatic rings. The molecule has 1 aliphatic heterocycles. The van der Waals surface area contributed by atoms with Crippen LogP contribution in [0.5, 0.6) is 5.75 Å². The van der Waals surface area contributed by atoms with E-state index < -0.39 is 0 Å².